The highest BCUT2D eigenvalue weighted by Crippen LogP contribution is 2.30. The van der Waals surface area contributed by atoms with Crippen molar-refractivity contribution in [2.45, 2.75) is 31.8 Å². The number of rotatable bonds is 4. The molecule has 1 aliphatic carbocycles. The molecule has 0 aliphatic heterocycles. The van der Waals surface area contributed by atoms with Crippen LogP contribution in [0.25, 0.3) is 10.8 Å². The van der Waals surface area contributed by atoms with Crippen LogP contribution in [0.2, 0.25) is 0 Å². The van der Waals surface area contributed by atoms with Crippen LogP contribution in [0.3, 0.4) is 0 Å². The Balaban J connectivity index is 1.83. The minimum atomic E-state index is -0.236. The third kappa shape index (κ3) is 2.80. The van der Waals surface area contributed by atoms with E-state index in [1.165, 1.54) is 0 Å². The summed E-state index contributed by atoms with van der Waals surface area (Å²) in [6, 6.07) is 12.3. The number of hydrogen-bond donors (Lipinski definition) is 2. The van der Waals surface area contributed by atoms with Crippen LogP contribution in [0.4, 0.5) is 5.69 Å². The first kappa shape index (κ1) is 13.4. The lowest BCUT2D eigenvalue weighted by atomic mass is 10.1. The zero-order valence-corrected chi connectivity index (χ0v) is 12.9. The Bertz CT molecular complexity index is 652. The van der Waals surface area contributed by atoms with E-state index in [1.54, 1.807) is 0 Å². The van der Waals surface area contributed by atoms with Crippen LogP contribution in [0.1, 0.15) is 19.8 Å². The molecule has 1 unspecified atom stereocenters. The van der Waals surface area contributed by atoms with E-state index in [4.69, 9.17) is 0 Å². The highest BCUT2D eigenvalue weighted by atomic mass is 79.9. The summed E-state index contributed by atoms with van der Waals surface area (Å²) >= 11 is 3.56. The van der Waals surface area contributed by atoms with Crippen LogP contribution < -0.4 is 10.6 Å². The van der Waals surface area contributed by atoms with E-state index in [0.29, 0.717) is 6.04 Å². The molecule has 4 heteroatoms. The van der Waals surface area contributed by atoms with E-state index in [9.17, 15) is 4.79 Å². The minimum absolute atomic E-state index is 0.0690. The van der Waals surface area contributed by atoms with Gasteiger partial charge >= 0.3 is 0 Å². The highest BCUT2D eigenvalue weighted by Gasteiger charge is 2.25. The lowest BCUT2D eigenvalue weighted by Crippen LogP contribution is -2.38. The van der Waals surface area contributed by atoms with Crippen molar-refractivity contribution in [1.29, 1.82) is 0 Å². The second kappa shape index (κ2) is 5.44. The Morgan fingerprint density at radius 2 is 1.90 bits per heavy atom. The number of nitrogens with one attached hydrogen (secondary N) is 2. The van der Waals surface area contributed by atoms with E-state index in [0.717, 1.165) is 33.8 Å². The number of hydrogen-bond acceptors (Lipinski definition) is 2. The predicted molar refractivity (Wildman–Crippen MR) is 85.9 cm³/mol. The van der Waals surface area contributed by atoms with Crippen LogP contribution in [0.15, 0.2) is 40.9 Å². The smallest absolute Gasteiger partial charge is 0.242 e. The molecule has 0 bridgehead atoms. The van der Waals surface area contributed by atoms with Gasteiger partial charge in [0.25, 0.3) is 0 Å². The Hall–Kier alpha value is -1.55. The van der Waals surface area contributed by atoms with Gasteiger partial charge in [-0.15, -0.1) is 0 Å². The van der Waals surface area contributed by atoms with Crippen LogP contribution in [-0.4, -0.2) is 18.0 Å². The molecule has 1 saturated carbocycles. The molecule has 1 fully saturated rings. The van der Waals surface area contributed by atoms with Gasteiger partial charge in [-0.05, 0) is 37.3 Å². The summed E-state index contributed by atoms with van der Waals surface area (Å²) < 4.78 is 1.06. The largest absolute Gasteiger partial charge is 0.373 e. The summed E-state index contributed by atoms with van der Waals surface area (Å²) in [6.45, 7) is 1.90. The second-order valence-electron chi connectivity index (χ2n) is 5.29. The normalized spacial score (nSPS) is 15.9. The van der Waals surface area contributed by atoms with Crippen LogP contribution in [-0.2, 0) is 4.79 Å². The second-order valence-corrected chi connectivity index (χ2v) is 6.14. The van der Waals surface area contributed by atoms with Crippen molar-refractivity contribution in [2.24, 2.45) is 0 Å². The highest BCUT2D eigenvalue weighted by molar-refractivity contribution is 9.10. The molecule has 3 nitrogen and oxygen atoms in total. The van der Waals surface area contributed by atoms with Crippen molar-refractivity contribution >= 4 is 38.3 Å². The van der Waals surface area contributed by atoms with Gasteiger partial charge in [0.2, 0.25) is 5.91 Å². The summed E-state index contributed by atoms with van der Waals surface area (Å²) in [5.74, 6) is 0.0690. The third-order valence-corrected chi connectivity index (χ3v) is 4.25. The van der Waals surface area contributed by atoms with Gasteiger partial charge < -0.3 is 10.6 Å². The fourth-order valence-electron chi connectivity index (χ4n) is 2.24. The van der Waals surface area contributed by atoms with Crippen LogP contribution in [0, 0.1) is 0 Å². The quantitative estimate of drug-likeness (QED) is 0.896. The average molecular weight is 333 g/mol. The van der Waals surface area contributed by atoms with Gasteiger partial charge in [0.1, 0.15) is 6.04 Å². The third-order valence-electron chi connectivity index (χ3n) is 3.56. The number of amides is 1. The lowest BCUT2D eigenvalue weighted by Gasteiger charge is -2.17. The minimum Gasteiger partial charge on any atom is -0.373 e. The standard InChI is InChI=1S/C16H17BrN2O/c1-10(16(20)19-11-6-7-11)18-15-9-8-14(17)12-4-2-3-5-13(12)15/h2-5,8-11,18H,6-7H2,1H3,(H,19,20). The first-order chi connectivity index (χ1) is 9.65. The zero-order chi connectivity index (χ0) is 14.1. The molecule has 1 amide bonds. The van der Waals surface area contributed by atoms with Crippen molar-refractivity contribution in [3.05, 3.63) is 40.9 Å². The molecule has 0 spiro atoms. The maximum atomic E-state index is 12.0. The SMILES string of the molecule is CC(Nc1ccc(Br)c2ccccc12)C(=O)NC1CC1. The molecule has 2 N–H and O–H groups in total. The van der Waals surface area contributed by atoms with Gasteiger partial charge in [-0.1, -0.05) is 40.2 Å². The fourth-order valence-corrected chi connectivity index (χ4v) is 2.72. The zero-order valence-electron chi connectivity index (χ0n) is 11.3. The summed E-state index contributed by atoms with van der Waals surface area (Å²) in [6.07, 6.45) is 2.22. The molecule has 0 radical (unpaired) electrons. The van der Waals surface area contributed by atoms with Crippen molar-refractivity contribution < 1.29 is 4.79 Å². The Labute approximate surface area is 126 Å². The molecular weight excluding hydrogens is 316 g/mol. The number of carbonyl (C=O) groups excluding carboxylic acids is 1. The number of anilines is 1. The number of benzene rings is 2. The molecular formula is C16H17BrN2O. The van der Waals surface area contributed by atoms with Crippen molar-refractivity contribution in [1.82, 2.24) is 5.32 Å². The summed E-state index contributed by atoms with van der Waals surface area (Å²) in [4.78, 5) is 12.0. The average Bonchev–Trinajstić information content (AvgIpc) is 3.26. The van der Waals surface area contributed by atoms with Crippen molar-refractivity contribution in [2.75, 3.05) is 5.32 Å². The molecule has 20 heavy (non-hydrogen) atoms. The van der Waals surface area contributed by atoms with Crippen molar-refractivity contribution in [3.8, 4) is 0 Å². The summed E-state index contributed by atoms with van der Waals surface area (Å²) in [5, 5.41) is 8.60. The van der Waals surface area contributed by atoms with Gasteiger partial charge in [-0.3, -0.25) is 4.79 Å². The Kier molecular flexibility index (Phi) is 3.66. The van der Waals surface area contributed by atoms with E-state index in [2.05, 4.69) is 38.7 Å². The number of carbonyl (C=O) groups is 1. The molecule has 0 heterocycles. The molecule has 3 rings (SSSR count). The molecule has 2 aromatic rings. The fraction of sp³-hybridized carbons (Fsp3) is 0.312. The van der Waals surface area contributed by atoms with E-state index >= 15 is 0 Å². The molecule has 2 aromatic carbocycles. The van der Waals surface area contributed by atoms with Gasteiger partial charge in [-0.25, -0.2) is 0 Å². The lowest BCUT2D eigenvalue weighted by molar-refractivity contribution is -0.121. The number of halogens is 1. The topological polar surface area (TPSA) is 41.1 Å². The molecule has 1 atom stereocenters. The Morgan fingerprint density at radius 1 is 1.20 bits per heavy atom. The first-order valence-corrected chi connectivity index (χ1v) is 7.68. The summed E-state index contributed by atoms with van der Waals surface area (Å²) in [7, 11) is 0. The summed E-state index contributed by atoms with van der Waals surface area (Å²) in [5.41, 5.74) is 0.988. The molecule has 0 aromatic heterocycles. The van der Waals surface area contributed by atoms with Crippen molar-refractivity contribution in [3.63, 3.8) is 0 Å². The molecule has 1 aliphatic rings. The first-order valence-electron chi connectivity index (χ1n) is 6.89. The van der Waals surface area contributed by atoms with Gasteiger partial charge in [0.05, 0.1) is 0 Å². The molecule has 104 valence electrons. The Morgan fingerprint density at radius 3 is 2.60 bits per heavy atom. The van der Waals surface area contributed by atoms with Gasteiger partial charge in [-0.2, -0.15) is 0 Å². The van der Waals surface area contributed by atoms with Crippen LogP contribution >= 0.6 is 15.9 Å². The number of fused-ring (bicyclic) bond motifs is 1. The van der Waals surface area contributed by atoms with E-state index in [1.807, 2.05) is 31.2 Å². The molecule has 0 saturated heterocycles. The predicted octanol–water partition coefficient (Wildman–Crippen LogP) is 3.68. The maximum Gasteiger partial charge on any atom is 0.242 e. The van der Waals surface area contributed by atoms with Gasteiger partial charge in [0.15, 0.2) is 0 Å². The van der Waals surface area contributed by atoms with E-state index < -0.39 is 0 Å². The van der Waals surface area contributed by atoms with Gasteiger partial charge in [0, 0.05) is 21.6 Å². The van der Waals surface area contributed by atoms with Crippen LogP contribution in [0.5, 0.6) is 0 Å². The maximum absolute atomic E-state index is 12.0. The monoisotopic (exact) mass is 332 g/mol. The van der Waals surface area contributed by atoms with E-state index in [-0.39, 0.29) is 11.9 Å².